The van der Waals surface area contributed by atoms with Gasteiger partial charge in [0.15, 0.2) is 0 Å². The summed E-state index contributed by atoms with van der Waals surface area (Å²) in [7, 11) is 0. The molecule has 1 aromatic carbocycles. The molecule has 0 aliphatic carbocycles. The smallest absolute Gasteiger partial charge is 0.122 e. The van der Waals surface area contributed by atoms with E-state index in [1.54, 1.807) is 6.08 Å². The minimum atomic E-state index is 0.414. The molecule has 2 nitrogen and oxygen atoms in total. The maximum Gasteiger partial charge on any atom is 0.122 e. The summed E-state index contributed by atoms with van der Waals surface area (Å²) in [5.74, 6) is 0.414. The Morgan fingerprint density at radius 1 is 1.00 bits per heavy atom. The summed E-state index contributed by atoms with van der Waals surface area (Å²) in [6.07, 6.45) is 7.54. The average molecular weight is 170 g/mol. The van der Waals surface area contributed by atoms with Gasteiger partial charge < -0.3 is 5.32 Å². The first-order valence-corrected chi connectivity index (χ1v) is 4.15. The molecule has 0 aromatic heterocycles. The number of nitrogens with one attached hydrogen (secondary N) is 2. The molecule has 1 aromatic rings. The van der Waals surface area contributed by atoms with E-state index in [-0.39, 0.29) is 0 Å². The van der Waals surface area contributed by atoms with Gasteiger partial charge in [-0.2, -0.15) is 0 Å². The Labute approximate surface area is 77.1 Å². The number of hydrogen-bond acceptors (Lipinski definition) is 1. The Morgan fingerprint density at radius 2 is 1.77 bits per heavy atom. The molecule has 0 amide bonds. The summed E-state index contributed by atoms with van der Waals surface area (Å²) in [5.41, 5.74) is 2.09. The van der Waals surface area contributed by atoms with Crippen molar-refractivity contribution in [1.82, 2.24) is 0 Å². The molecule has 0 atom stereocenters. The van der Waals surface area contributed by atoms with Gasteiger partial charge in [0.2, 0.25) is 0 Å². The Balaban J connectivity index is 2.49. The molecule has 0 saturated heterocycles. The van der Waals surface area contributed by atoms with Gasteiger partial charge in [0, 0.05) is 5.69 Å². The van der Waals surface area contributed by atoms with E-state index < -0.39 is 0 Å². The van der Waals surface area contributed by atoms with E-state index in [1.165, 1.54) is 0 Å². The third-order valence-electron chi connectivity index (χ3n) is 1.88. The number of benzene rings is 1. The molecule has 0 saturated carbocycles. The molecular weight excluding hydrogens is 160 g/mol. The summed E-state index contributed by atoms with van der Waals surface area (Å²) < 4.78 is 0. The number of fused-ring (bicyclic) bond motifs is 1. The molecule has 2 rings (SSSR count). The fraction of sp³-hybridized carbons (Fsp3) is 0. The number of rotatable bonds is 0. The molecule has 2 N–H and O–H groups in total. The van der Waals surface area contributed by atoms with Gasteiger partial charge in [-0.1, -0.05) is 36.4 Å². The summed E-state index contributed by atoms with van der Waals surface area (Å²) in [5, 5.41) is 10.5. The quantitative estimate of drug-likeness (QED) is 0.617. The van der Waals surface area contributed by atoms with Crippen LogP contribution in [0, 0.1) is 5.41 Å². The summed E-state index contributed by atoms with van der Waals surface area (Å²) >= 11 is 0. The van der Waals surface area contributed by atoms with Crippen LogP contribution in [-0.4, -0.2) is 5.84 Å². The van der Waals surface area contributed by atoms with E-state index >= 15 is 0 Å². The Morgan fingerprint density at radius 3 is 2.69 bits per heavy atom. The Bertz CT molecular complexity index is 389. The first-order valence-electron chi connectivity index (χ1n) is 4.15. The Kier molecular flexibility index (Phi) is 1.96. The van der Waals surface area contributed by atoms with Gasteiger partial charge in [0.1, 0.15) is 5.84 Å². The van der Waals surface area contributed by atoms with Crippen LogP contribution in [0.25, 0.3) is 6.08 Å². The lowest BCUT2D eigenvalue weighted by molar-refractivity contribution is 1.47. The van der Waals surface area contributed by atoms with E-state index in [4.69, 9.17) is 5.41 Å². The van der Waals surface area contributed by atoms with Gasteiger partial charge in [0.05, 0.1) is 0 Å². The van der Waals surface area contributed by atoms with Crippen molar-refractivity contribution in [3.63, 3.8) is 0 Å². The zero-order valence-corrected chi connectivity index (χ0v) is 7.12. The SMILES string of the molecule is N=C1/C=C\C=C/c2ccccc2N1. The standard InChI is InChI=1S/C11H10N2/c12-11-8-4-2-6-9-5-1-3-7-10(9)13-11/h1-8H,(H2,12,13). The van der Waals surface area contributed by atoms with Crippen molar-refractivity contribution in [2.24, 2.45) is 0 Å². The van der Waals surface area contributed by atoms with Crippen LogP contribution in [-0.2, 0) is 0 Å². The average Bonchev–Trinajstić information content (AvgIpc) is 2.11. The van der Waals surface area contributed by atoms with Crippen LogP contribution >= 0.6 is 0 Å². The van der Waals surface area contributed by atoms with Gasteiger partial charge in [-0.15, -0.1) is 0 Å². The molecule has 64 valence electrons. The monoisotopic (exact) mass is 170 g/mol. The third kappa shape index (κ3) is 1.67. The van der Waals surface area contributed by atoms with Crippen LogP contribution in [0.4, 0.5) is 5.69 Å². The molecule has 0 bridgehead atoms. The molecule has 1 heterocycles. The summed E-state index contributed by atoms with van der Waals surface area (Å²) in [6, 6.07) is 7.93. The Hall–Kier alpha value is -1.83. The lowest BCUT2D eigenvalue weighted by Gasteiger charge is -2.09. The van der Waals surface area contributed by atoms with Crippen molar-refractivity contribution >= 4 is 17.6 Å². The lowest BCUT2D eigenvalue weighted by Crippen LogP contribution is -2.08. The van der Waals surface area contributed by atoms with Crippen LogP contribution in [0.2, 0.25) is 0 Å². The maximum atomic E-state index is 7.52. The highest BCUT2D eigenvalue weighted by Gasteiger charge is 2.00. The molecule has 0 fully saturated rings. The largest absolute Gasteiger partial charge is 0.340 e. The van der Waals surface area contributed by atoms with Crippen molar-refractivity contribution in [2.45, 2.75) is 0 Å². The highest BCUT2D eigenvalue weighted by Crippen LogP contribution is 2.17. The fourth-order valence-corrected chi connectivity index (χ4v) is 1.25. The van der Waals surface area contributed by atoms with Crippen LogP contribution in [0.5, 0.6) is 0 Å². The van der Waals surface area contributed by atoms with Gasteiger partial charge in [-0.05, 0) is 17.7 Å². The molecule has 0 radical (unpaired) electrons. The molecule has 13 heavy (non-hydrogen) atoms. The van der Waals surface area contributed by atoms with Crippen LogP contribution < -0.4 is 5.32 Å². The summed E-state index contributed by atoms with van der Waals surface area (Å²) in [6.45, 7) is 0. The van der Waals surface area contributed by atoms with Crippen molar-refractivity contribution in [1.29, 1.82) is 5.41 Å². The zero-order chi connectivity index (χ0) is 9.10. The third-order valence-corrected chi connectivity index (χ3v) is 1.88. The van der Waals surface area contributed by atoms with E-state index in [2.05, 4.69) is 5.32 Å². The summed E-state index contributed by atoms with van der Waals surface area (Å²) in [4.78, 5) is 0. The van der Waals surface area contributed by atoms with E-state index in [0.29, 0.717) is 5.84 Å². The molecular formula is C11H10N2. The van der Waals surface area contributed by atoms with Crippen molar-refractivity contribution in [2.75, 3.05) is 5.32 Å². The fourth-order valence-electron chi connectivity index (χ4n) is 1.25. The number of hydrogen-bond donors (Lipinski definition) is 2. The van der Waals surface area contributed by atoms with Gasteiger partial charge in [-0.25, -0.2) is 0 Å². The second kappa shape index (κ2) is 3.27. The number of allylic oxidation sites excluding steroid dienone is 2. The minimum Gasteiger partial charge on any atom is -0.340 e. The van der Waals surface area contributed by atoms with Crippen molar-refractivity contribution < 1.29 is 0 Å². The number of anilines is 1. The van der Waals surface area contributed by atoms with E-state index in [1.807, 2.05) is 42.5 Å². The molecule has 2 heteroatoms. The van der Waals surface area contributed by atoms with Gasteiger partial charge in [-0.3, -0.25) is 5.41 Å². The highest BCUT2D eigenvalue weighted by atomic mass is 14.9. The topological polar surface area (TPSA) is 35.9 Å². The second-order valence-corrected chi connectivity index (χ2v) is 2.84. The number of para-hydroxylation sites is 1. The molecule has 0 unspecified atom stereocenters. The second-order valence-electron chi connectivity index (χ2n) is 2.84. The lowest BCUT2D eigenvalue weighted by atomic mass is 10.1. The molecule has 1 aliphatic rings. The van der Waals surface area contributed by atoms with E-state index in [0.717, 1.165) is 11.3 Å². The number of amidine groups is 1. The minimum absolute atomic E-state index is 0.414. The molecule has 0 spiro atoms. The van der Waals surface area contributed by atoms with Gasteiger partial charge >= 0.3 is 0 Å². The van der Waals surface area contributed by atoms with E-state index in [9.17, 15) is 0 Å². The normalized spacial score (nSPS) is 19.2. The van der Waals surface area contributed by atoms with Gasteiger partial charge in [0.25, 0.3) is 0 Å². The predicted molar refractivity (Wildman–Crippen MR) is 56.0 cm³/mol. The van der Waals surface area contributed by atoms with Crippen LogP contribution in [0.15, 0.2) is 42.5 Å². The van der Waals surface area contributed by atoms with Crippen LogP contribution in [0.1, 0.15) is 5.56 Å². The molecule has 1 aliphatic heterocycles. The highest BCUT2D eigenvalue weighted by molar-refractivity contribution is 6.03. The predicted octanol–water partition coefficient (Wildman–Crippen LogP) is 2.66. The van der Waals surface area contributed by atoms with Crippen LogP contribution in [0.3, 0.4) is 0 Å². The zero-order valence-electron chi connectivity index (χ0n) is 7.12. The first kappa shape index (κ1) is 7.80. The van der Waals surface area contributed by atoms with Crippen molar-refractivity contribution in [3.8, 4) is 0 Å². The first-order chi connectivity index (χ1) is 6.36. The maximum absolute atomic E-state index is 7.52. The van der Waals surface area contributed by atoms with Crippen molar-refractivity contribution in [3.05, 3.63) is 48.1 Å².